The summed E-state index contributed by atoms with van der Waals surface area (Å²) in [4.78, 5) is 10.8. The van der Waals surface area contributed by atoms with Crippen molar-refractivity contribution in [1.82, 2.24) is 9.88 Å². The molecular weight excluding hydrogens is 272 g/mol. The predicted molar refractivity (Wildman–Crippen MR) is 65.7 cm³/mol. The van der Waals surface area contributed by atoms with E-state index in [1.165, 1.54) is 6.08 Å². The van der Waals surface area contributed by atoms with Gasteiger partial charge in [0.25, 0.3) is 0 Å². The van der Waals surface area contributed by atoms with Gasteiger partial charge in [0, 0.05) is 12.1 Å². The number of carboxylic acid groups (broad SMARTS) is 1. The number of carboxylic acids is 1. The molecule has 0 saturated carbocycles. The lowest BCUT2D eigenvalue weighted by atomic mass is 10.1. The molecule has 104 valence electrons. The van der Waals surface area contributed by atoms with Gasteiger partial charge in [-0.05, 0) is 13.3 Å². The van der Waals surface area contributed by atoms with E-state index in [1.54, 1.807) is 19.1 Å². The molecule has 0 bridgehead atoms. The zero-order chi connectivity index (χ0) is 14.0. The second-order valence-corrected chi connectivity index (χ2v) is 6.23. The monoisotopic (exact) mass is 286 g/mol. The topological polar surface area (TPSA) is 110 Å². The summed E-state index contributed by atoms with van der Waals surface area (Å²) in [5, 5.41) is 12.4. The van der Waals surface area contributed by atoms with Crippen molar-refractivity contribution in [3.63, 3.8) is 0 Å². The summed E-state index contributed by atoms with van der Waals surface area (Å²) in [6.45, 7) is 1.67. The van der Waals surface area contributed by atoms with Crippen LogP contribution in [0.5, 0.6) is 0 Å². The van der Waals surface area contributed by atoms with E-state index in [9.17, 15) is 13.2 Å². The largest absolute Gasteiger partial charge is 0.481 e. The lowest BCUT2D eigenvalue weighted by Crippen LogP contribution is -2.34. The number of hydrogen-bond donors (Lipinski definition) is 2. The van der Waals surface area contributed by atoms with E-state index in [0.717, 1.165) is 0 Å². The molecule has 2 rings (SSSR count). The molecule has 0 aliphatic heterocycles. The number of nitrogens with one attached hydrogen (secondary N) is 1. The van der Waals surface area contributed by atoms with Gasteiger partial charge in [-0.25, -0.2) is 13.1 Å². The lowest BCUT2D eigenvalue weighted by molar-refractivity contribution is -0.140. The minimum Gasteiger partial charge on any atom is -0.481 e. The fourth-order valence-electron chi connectivity index (χ4n) is 1.92. The summed E-state index contributed by atoms with van der Waals surface area (Å²) in [5.41, 5.74) is 0.321. The van der Waals surface area contributed by atoms with Crippen LogP contribution < -0.4 is 4.72 Å². The maximum absolute atomic E-state index is 11.9. The van der Waals surface area contributed by atoms with Crippen molar-refractivity contribution in [1.29, 1.82) is 0 Å². The molecule has 0 amide bonds. The van der Waals surface area contributed by atoms with Crippen LogP contribution in [-0.4, -0.2) is 30.7 Å². The van der Waals surface area contributed by atoms with Gasteiger partial charge in [0.15, 0.2) is 0 Å². The second kappa shape index (κ2) is 5.14. The molecule has 0 radical (unpaired) electrons. The average Bonchev–Trinajstić information content (AvgIpc) is 2.87. The van der Waals surface area contributed by atoms with Crippen LogP contribution in [0.25, 0.3) is 0 Å². The van der Waals surface area contributed by atoms with Gasteiger partial charge in [0.1, 0.15) is 17.2 Å². The first-order chi connectivity index (χ1) is 8.85. The van der Waals surface area contributed by atoms with Gasteiger partial charge >= 0.3 is 5.97 Å². The van der Waals surface area contributed by atoms with Gasteiger partial charge in [-0.2, -0.15) is 0 Å². The maximum atomic E-state index is 11.9. The van der Waals surface area contributed by atoms with Crippen molar-refractivity contribution in [2.75, 3.05) is 0 Å². The molecular formula is C11H14N2O5S. The molecule has 0 aromatic carbocycles. The fourth-order valence-corrected chi connectivity index (χ4v) is 3.17. The maximum Gasteiger partial charge on any atom is 0.310 e. The van der Waals surface area contributed by atoms with Gasteiger partial charge in [0.05, 0.1) is 5.92 Å². The summed E-state index contributed by atoms with van der Waals surface area (Å²) in [5.74, 6) is -1.34. The Labute approximate surface area is 110 Å². The minimum absolute atomic E-state index is 0.229. The quantitative estimate of drug-likeness (QED) is 0.760. The van der Waals surface area contributed by atoms with E-state index in [2.05, 4.69) is 9.88 Å². The van der Waals surface area contributed by atoms with Crippen LogP contribution >= 0.6 is 0 Å². The van der Waals surface area contributed by atoms with Crippen LogP contribution in [0, 0.1) is 12.8 Å². The van der Waals surface area contributed by atoms with Crippen LogP contribution in [-0.2, 0) is 20.6 Å². The predicted octanol–water partition coefficient (Wildman–Crippen LogP) is 0.432. The Morgan fingerprint density at radius 3 is 2.84 bits per heavy atom. The van der Waals surface area contributed by atoms with Crippen molar-refractivity contribution in [3.8, 4) is 0 Å². The smallest absolute Gasteiger partial charge is 0.310 e. The van der Waals surface area contributed by atoms with Crippen LogP contribution in [0.15, 0.2) is 22.7 Å². The van der Waals surface area contributed by atoms with Crippen LogP contribution in [0.4, 0.5) is 0 Å². The molecule has 2 N–H and O–H groups in total. The first-order valence-electron chi connectivity index (χ1n) is 5.69. The Balaban J connectivity index is 1.95. The van der Waals surface area contributed by atoms with E-state index in [4.69, 9.17) is 9.63 Å². The SMILES string of the molecule is Cc1cc(CS(=O)(=O)NC2C=CC(C(=O)O)C2)no1. The van der Waals surface area contributed by atoms with Gasteiger partial charge in [-0.1, -0.05) is 17.3 Å². The number of carbonyl (C=O) groups is 1. The number of aromatic nitrogens is 1. The van der Waals surface area contributed by atoms with E-state index in [0.29, 0.717) is 11.5 Å². The van der Waals surface area contributed by atoms with Gasteiger partial charge in [-0.15, -0.1) is 0 Å². The Bertz CT molecular complexity index is 604. The molecule has 7 nitrogen and oxygen atoms in total. The van der Waals surface area contributed by atoms with E-state index < -0.39 is 28.0 Å². The zero-order valence-corrected chi connectivity index (χ0v) is 11.1. The molecule has 1 aromatic heterocycles. The lowest BCUT2D eigenvalue weighted by Gasteiger charge is -2.11. The highest BCUT2D eigenvalue weighted by Gasteiger charge is 2.27. The van der Waals surface area contributed by atoms with Crippen molar-refractivity contribution < 1.29 is 22.8 Å². The number of nitrogens with zero attached hydrogens (tertiary/aromatic N) is 1. The van der Waals surface area contributed by atoms with Crippen LogP contribution in [0.1, 0.15) is 17.9 Å². The van der Waals surface area contributed by atoms with E-state index in [1.807, 2.05) is 0 Å². The molecule has 2 atom stereocenters. The summed E-state index contributed by atoms with van der Waals surface area (Å²) in [6.07, 6.45) is 3.28. The molecule has 1 aromatic rings. The van der Waals surface area contributed by atoms with E-state index >= 15 is 0 Å². The van der Waals surface area contributed by atoms with Crippen molar-refractivity contribution in [2.24, 2.45) is 5.92 Å². The van der Waals surface area contributed by atoms with Gasteiger partial charge in [0.2, 0.25) is 10.0 Å². The second-order valence-electron chi connectivity index (χ2n) is 4.48. The molecule has 1 aliphatic rings. The Morgan fingerprint density at radius 1 is 1.58 bits per heavy atom. The third-order valence-electron chi connectivity index (χ3n) is 2.75. The minimum atomic E-state index is -3.57. The average molecular weight is 286 g/mol. The number of hydrogen-bond acceptors (Lipinski definition) is 5. The molecule has 0 saturated heterocycles. The Hall–Kier alpha value is -1.67. The fraction of sp³-hybridized carbons (Fsp3) is 0.455. The van der Waals surface area contributed by atoms with Gasteiger partial charge in [-0.3, -0.25) is 4.79 Å². The molecule has 19 heavy (non-hydrogen) atoms. The number of sulfonamides is 1. The molecule has 1 aliphatic carbocycles. The van der Waals surface area contributed by atoms with Crippen molar-refractivity contribution >= 4 is 16.0 Å². The standard InChI is InChI=1S/C11H14N2O5S/c1-7-4-10(12-18-7)6-19(16,17)13-9-3-2-8(5-9)11(14)15/h2-4,8-9,13H,5-6H2,1H3,(H,14,15). The molecule has 1 heterocycles. The van der Waals surface area contributed by atoms with Gasteiger partial charge < -0.3 is 9.63 Å². The summed E-state index contributed by atoms with van der Waals surface area (Å²) >= 11 is 0. The molecule has 2 unspecified atom stereocenters. The number of aliphatic carboxylic acids is 1. The molecule has 0 fully saturated rings. The number of rotatable bonds is 5. The Morgan fingerprint density at radius 2 is 2.32 bits per heavy atom. The highest BCUT2D eigenvalue weighted by atomic mass is 32.2. The summed E-state index contributed by atoms with van der Waals surface area (Å²) in [7, 11) is -3.57. The molecule has 8 heteroatoms. The van der Waals surface area contributed by atoms with Crippen LogP contribution in [0.3, 0.4) is 0 Å². The first-order valence-corrected chi connectivity index (χ1v) is 7.34. The highest BCUT2D eigenvalue weighted by molar-refractivity contribution is 7.88. The summed E-state index contributed by atoms with van der Waals surface area (Å²) in [6, 6.07) is 1.06. The number of aryl methyl sites for hydroxylation is 1. The molecule has 0 spiro atoms. The van der Waals surface area contributed by atoms with Crippen molar-refractivity contribution in [2.45, 2.75) is 25.1 Å². The third kappa shape index (κ3) is 3.65. The summed E-state index contributed by atoms with van der Waals surface area (Å²) < 4.78 is 31.0. The normalized spacial score (nSPS) is 22.8. The van der Waals surface area contributed by atoms with E-state index in [-0.39, 0.29) is 12.2 Å². The highest BCUT2D eigenvalue weighted by Crippen LogP contribution is 2.19. The third-order valence-corrected chi connectivity index (χ3v) is 4.08. The van der Waals surface area contributed by atoms with Crippen LogP contribution in [0.2, 0.25) is 0 Å². The van der Waals surface area contributed by atoms with Crippen molar-refractivity contribution in [3.05, 3.63) is 29.7 Å². The first kappa shape index (κ1) is 13.8. The Kier molecular flexibility index (Phi) is 3.72. The zero-order valence-electron chi connectivity index (χ0n) is 10.2.